The Hall–Kier alpha value is -2.81. The van der Waals surface area contributed by atoms with Gasteiger partial charge in [-0.1, -0.05) is 25.0 Å². The van der Waals surface area contributed by atoms with Crippen LogP contribution in [0.3, 0.4) is 0 Å². The van der Waals surface area contributed by atoms with Crippen molar-refractivity contribution in [2.75, 3.05) is 58.4 Å². The fourth-order valence-electron chi connectivity index (χ4n) is 5.53. The van der Waals surface area contributed by atoms with Gasteiger partial charge in [0.25, 0.3) is 5.91 Å². The van der Waals surface area contributed by atoms with E-state index in [0.29, 0.717) is 50.0 Å². The number of rotatable bonds is 20. The number of anilines is 1. The number of aliphatic imine (C=N–C) groups is 1. The number of amidine groups is 1. The number of alkyl halides is 1. The van der Waals surface area contributed by atoms with Crippen molar-refractivity contribution in [2.45, 2.75) is 70.6 Å². The van der Waals surface area contributed by atoms with Crippen LogP contribution in [0.5, 0.6) is 0 Å². The van der Waals surface area contributed by atoms with Crippen LogP contribution in [0, 0.1) is 11.8 Å². The Morgan fingerprint density at radius 1 is 0.955 bits per heavy atom. The molecule has 0 atom stereocenters. The van der Waals surface area contributed by atoms with E-state index in [1.165, 1.54) is 11.0 Å². The van der Waals surface area contributed by atoms with E-state index in [1.54, 1.807) is 19.2 Å². The molecule has 3 rings (SSSR count). The lowest BCUT2D eigenvalue weighted by Gasteiger charge is -2.27. The molecule has 1 aromatic rings. The third-order valence-electron chi connectivity index (χ3n) is 8.28. The summed E-state index contributed by atoms with van der Waals surface area (Å²) in [7, 11) is 5.62. The minimum absolute atomic E-state index is 0.0208. The van der Waals surface area contributed by atoms with Gasteiger partial charge in [0.05, 0.1) is 13.2 Å². The average molecular weight is 628 g/mol. The average Bonchev–Trinajstić information content (AvgIpc) is 3.28. The molecule has 242 valence electrons. The highest BCUT2D eigenvalue weighted by Gasteiger charge is 2.28. The van der Waals surface area contributed by atoms with Crippen LogP contribution in [0.25, 0.3) is 6.08 Å². The third-order valence-corrected chi connectivity index (χ3v) is 8.55. The van der Waals surface area contributed by atoms with Crippen molar-refractivity contribution in [3.63, 3.8) is 0 Å². The molecule has 1 aliphatic carbocycles. The Morgan fingerprint density at radius 3 is 2.27 bits per heavy atom. The molecule has 8 nitrogen and oxygen atoms in total. The van der Waals surface area contributed by atoms with Gasteiger partial charge in [0.15, 0.2) is 5.78 Å². The molecule has 2 aliphatic rings. The monoisotopic (exact) mass is 627 g/mol. The number of benzene rings is 1. The van der Waals surface area contributed by atoms with Crippen LogP contribution in [0.4, 0.5) is 5.69 Å². The third kappa shape index (κ3) is 12.3. The molecular formula is C35H50ClN3O5. The SMILES string of the molecule is CN1C(=O)/C(=C/c2ccc(N(C)C)cc2)N=C1/C=C/C(=O)CC1CCC(C(=O)CCCOCCOCCCCCCCl)CC1. The van der Waals surface area contributed by atoms with Crippen molar-refractivity contribution >= 4 is 46.7 Å². The van der Waals surface area contributed by atoms with Crippen LogP contribution in [0.15, 0.2) is 47.1 Å². The smallest absolute Gasteiger partial charge is 0.277 e. The number of unbranched alkanes of at least 4 members (excludes halogenated alkanes) is 3. The van der Waals surface area contributed by atoms with E-state index in [-0.39, 0.29) is 23.5 Å². The zero-order valence-electron chi connectivity index (χ0n) is 26.8. The Balaban J connectivity index is 1.30. The molecule has 9 heteroatoms. The Bertz CT molecular complexity index is 1150. The van der Waals surface area contributed by atoms with Gasteiger partial charge in [-0.05, 0) is 86.8 Å². The van der Waals surface area contributed by atoms with Gasteiger partial charge in [0, 0.05) is 64.7 Å². The van der Waals surface area contributed by atoms with E-state index >= 15 is 0 Å². The van der Waals surface area contributed by atoms with Crippen molar-refractivity contribution in [3.8, 4) is 0 Å². The number of Topliss-reactive ketones (excluding diaryl/α,β-unsaturated/α-hetero) is 1. The molecule has 0 unspecified atom stereocenters. The van der Waals surface area contributed by atoms with Crippen LogP contribution in [-0.4, -0.2) is 81.7 Å². The molecule has 1 amide bonds. The number of ether oxygens (including phenoxy) is 2. The molecule has 1 aromatic carbocycles. The van der Waals surface area contributed by atoms with Gasteiger partial charge >= 0.3 is 0 Å². The van der Waals surface area contributed by atoms with E-state index in [1.807, 2.05) is 43.3 Å². The number of nitrogens with zero attached hydrogens (tertiary/aromatic N) is 3. The Kier molecular flexibility index (Phi) is 15.8. The van der Waals surface area contributed by atoms with Crippen LogP contribution in [-0.2, 0) is 23.9 Å². The quantitative estimate of drug-likeness (QED) is 0.0936. The lowest BCUT2D eigenvalue weighted by molar-refractivity contribution is -0.124. The Labute approximate surface area is 268 Å². The molecule has 0 N–H and O–H groups in total. The molecule has 1 fully saturated rings. The second-order valence-electron chi connectivity index (χ2n) is 12.0. The number of ketones is 2. The highest BCUT2D eigenvalue weighted by Crippen LogP contribution is 2.32. The summed E-state index contributed by atoms with van der Waals surface area (Å²) in [5.74, 6) is 1.70. The van der Waals surface area contributed by atoms with Crippen molar-refractivity contribution in [3.05, 3.63) is 47.7 Å². The molecule has 44 heavy (non-hydrogen) atoms. The molecule has 0 radical (unpaired) electrons. The first-order valence-corrected chi connectivity index (χ1v) is 16.6. The summed E-state index contributed by atoms with van der Waals surface area (Å²) in [5, 5.41) is 0. The number of hydrogen-bond donors (Lipinski definition) is 0. The summed E-state index contributed by atoms with van der Waals surface area (Å²) in [6.07, 6.45) is 14.5. The molecule has 0 bridgehead atoms. The van der Waals surface area contributed by atoms with Crippen LogP contribution >= 0.6 is 11.6 Å². The van der Waals surface area contributed by atoms with Crippen LogP contribution in [0.1, 0.15) is 76.2 Å². The lowest BCUT2D eigenvalue weighted by Crippen LogP contribution is -2.26. The summed E-state index contributed by atoms with van der Waals surface area (Å²) in [4.78, 5) is 46.0. The van der Waals surface area contributed by atoms with Crippen LogP contribution in [0.2, 0.25) is 0 Å². The number of hydrogen-bond acceptors (Lipinski definition) is 7. The maximum absolute atomic E-state index is 12.7. The first-order valence-electron chi connectivity index (χ1n) is 16.1. The zero-order chi connectivity index (χ0) is 31.7. The molecule has 1 aliphatic heterocycles. The van der Waals surface area contributed by atoms with E-state index in [0.717, 1.165) is 81.5 Å². The van der Waals surface area contributed by atoms with Gasteiger partial charge in [-0.2, -0.15) is 0 Å². The zero-order valence-corrected chi connectivity index (χ0v) is 27.5. The summed E-state index contributed by atoms with van der Waals surface area (Å²) in [6.45, 7) is 2.49. The fraction of sp³-hybridized carbons (Fsp3) is 0.600. The predicted octanol–water partition coefficient (Wildman–Crippen LogP) is 6.47. The predicted molar refractivity (Wildman–Crippen MR) is 178 cm³/mol. The Morgan fingerprint density at radius 2 is 1.61 bits per heavy atom. The summed E-state index contributed by atoms with van der Waals surface area (Å²) in [5.41, 5.74) is 2.31. The molecule has 1 heterocycles. The maximum atomic E-state index is 12.7. The number of carbonyl (C=O) groups is 3. The second-order valence-corrected chi connectivity index (χ2v) is 12.3. The molecular weight excluding hydrogens is 578 g/mol. The van der Waals surface area contributed by atoms with Crippen molar-refractivity contribution in [2.24, 2.45) is 16.8 Å². The van der Waals surface area contributed by atoms with Crippen molar-refractivity contribution < 1.29 is 23.9 Å². The van der Waals surface area contributed by atoms with Gasteiger partial charge in [0.2, 0.25) is 0 Å². The van der Waals surface area contributed by atoms with Gasteiger partial charge in [-0.25, -0.2) is 4.99 Å². The number of carbonyl (C=O) groups excluding carboxylic acids is 3. The minimum Gasteiger partial charge on any atom is -0.379 e. The first kappa shape index (κ1) is 35.7. The van der Waals surface area contributed by atoms with Crippen LogP contribution < -0.4 is 4.90 Å². The normalized spacial score (nSPS) is 19.6. The maximum Gasteiger partial charge on any atom is 0.277 e. The number of likely N-dealkylation sites (N-methyl/N-ethyl adjacent to an activating group) is 1. The highest BCUT2D eigenvalue weighted by atomic mass is 35.5. The largest absolute Gasteiger partial charge is 0.379 e. The summed E-state index contributed by atoms with van der Waals surface area (Å²) < 4.78 is 11.2. The number of allylic oxidation sites excluding steroid dienone is 1. The molecule has 0 spiro atoms. The molecule has 0 saturated heterocycles. The van der Waals surface area contributed by atoms with Gasteiger partial charge < -0.3 is 14.4 Å². The standard InChI is InChI=1S/C35H50ClN3O5/c1-38(2)30-16-12-28(13-17-30)26-32-35(42)39(3)34(37-32)19-18-31(40)25-27-10-14-29(15-11-27)33(41)9-8-22-44-24-23-43-21-7-5-4-6-20-36/h12-13,16-19,26-27,29H,4-11,14-15,20-25H2,1-3H3/b19-18+,32-26-. The van der Waals surface area contributed by atoms with E-state index in [4.69, 9.17) is 21.1 Å². The van der Waals surface area contributed by atoms with Gasteiger partial charge in [0.1, 0.15) is 17.3 Å². The fourth-order valence-corrected chi connectivity index (χ4v) is 5.72. The molecule has 0 aromatic heterocycles. The minimum atomic E-state index is -0.197. The molecule has 1 saturated carbocycles. The number of halogens is 1. The van der Waals surface area contributed by atoms with E-state index in [9.17, 15) is 14.4 Å². The second kappa shape index (κ2) is 19.6. The first-order chi connectivity index (χ1) is 21.3. The van der Waals surface area contributed by atoms with Gasteiger partial charge in [-0.3, -0.25) is 19.3 Å². The van der Waals surface area contributed by atoms with Crippen molar-refractivity contribution in [1.29, 1.82) is 0 Å². The number of amides is 1. The highest BCUT2D eigenvalue weighted by molar-refractivity contribution is 6.18. The summed E-state index contributed by atoms with van der Waals surface area (Å²) in [6, 6.07) is 7.88. The lowest BCUT2D eigenvalue weighted by atomic mass is 9.77. The topological polar surface area (TPSA) is 88.5 Å². The van der Waals surface area contributed by atoms with E-state index in [2.05, 4.69) is 4.99 Å². The summed E-state index contributed by atoms with van der Waals surface area (Å²) >= 11 is 5.67. The van der Waals surface area contributed by atoms with E-state index < -0.39 is 0 Å². The van der Waals surface area contributed by atoms with Crippen molar-refractivity contribution in [1.82, 2.24) is 4.90 Å². The van der Waals surface area contributed by atoms with Gasteiger partial charge in [-0.15, -0.1) is 11.6 Å².